The van der Waals surface area contributed by atoms with Gasteiger partial charge < -0.3 is 5.32 Å². The zero-order valence-electron chi connectivity index (χ0n) is 11.9. The second-order valence-electron chi connectivity index (χ2n) is 5.44. The molecule has 0 aliphatic heterocycles. The minimum atomic E-state index is 0.345. The summed E-state index contributed by atoms with van der Waals surface area (Å²) in [5.74, 6) is 0.478. The third-order valence-corrected chi connectivity index (χ3v) is 5.75. The Morgan fingerprint density at radius 2 is 2.15 bits per heavy atom. The summed E-state index contributed by atoms with van der Waals surface area (Å²) in [6.07, 6.45) is 4.25. The Labute approximate surface area is 134 Å². The van der Waals surface area contributed by atoms with Crippen molar-refractivity contribution in [2.75, 3.05) is 7.05 Å². The summed E-state index contributed by atoms with van der Waals surface area (Å²) in [4.78, 5) is 4.64. The average Bonchev–Trinajstić information content (AvgIpc) is 2.88. The maximum Gasteiger partial charge on any atom is 0.0485 e. The van der Waals surface area contributed by atoms with Crippen LogP contribution in [-0.2, 0) is 6.42 Å². The molecule has 1 heterocycles. The van der Waals surface area contributed by atoms with Crippen LogP contribution in [0.4, 0.5) is 0 Å². The van der Waals surface area contributed by atoms with Crippen molar-refractivity contribution >= 4 is 22.6 Å². The van der Waals surface area contributed by atoms with E-state index < -0.39 is 0 Å². The summed E-state index contributed by atoms with van der Waals surface area (Å²) in [6.45, 7) is 2.18. The zero-order valence-corrected chi connectivity index (χ0v) is 14.0. The van der Waals surface area contributed by atoms with E-state index in [0.717, 1.165) is 6.42 Å². The highest BCUT2D eigenvalue weighted by Gasteiger charge is 2.32. The molecule has 0 amide bonds. The van der Waals surface area contributed by atoms with Gasteiger partial charge in [0, 0.05) is 27.4 Å². The van der Waals surface area contributed by atoms with Gasteiger partial charge in [-0.25, -0.2) is 0 Å². The number of benzene rings is 1. The van der Waals surface area contributed by atoms with Crippen LogP contribution in [0.15, 0.2) is 36.5 Å². The standard InChI is InChI=1S/C17H19IN2/c1-11-5-3-7-13(15(11)18)17(19-2)14-9-8-12-6-4-10-20-16(12)14/h3-7,10,14,17,19H,8-9H2,1-2H3. The number of aromatic nitrogens is 1. The molecule has 3 heteroatoms. The predicted molar refractivity (Wildman–Crippen MR) is 91.0 cm³/mol. The van der Waals surface area contributed by atoms with Gasteiger partial charge in [0.2, 0.25) is 0 Å². The lowest BCUT2D eigenvalue weighted by atomic mass is 9.90. The molecule has 2 unspecified atom stereocenters. The molecular formula is C17H19IN2. The van der Waals surface area contributed by atoms with Crippen molar-refractivity contribution < 1.29 is 0 Å². The van der Waals surface area contributed by atoms with Gasteiger partial charge in [-0.2, -0.15) is 0 Å². The van der Waals surface area contributed by atoms with E-state index in [4.69, 9.17) is 0 Å². The van der Waals surface area contributed by atoms with E-state index in [0.29, 0.717) is 12.0 Å². The van der Waals surface area contributed by atoms with Gasteiger partial charge in [-0.1, -0.05) is 24.3 Å². The van der Waals surface area contributed by atoms with Crippen molar-refractivity contribution in [2.24, 2.45) is 0 Å². The topological polar surface area (TPSA) is 24.9 Å². The van der Waals surface area contributed by atoms with Crippen LogP contribution in [-0.4, -0.2) is 12.0 Å². The van der Waals surface area contributed by atoms with E-state index in [1.54, 1.807) is 0 Å². The highest BCUT2D eigenvalue weighted by molar-refractivity contribution is 14.1. The Morgan fingerprint density at radius 3 is 2.95 bits per heavy atom. The number of likely N-dealkylation sites (N-methyl/N-ethyl adjacent to an activating group) is 1. The lowest BCUT2D eigenvalue weighted by Crippen LogP contribution is -2.24. The maximum absolute atomic E-state index is 4.64. The van der Waals surface area contributed by atoms with Crippen LogP contribution in [0, 0.1) is 10.5 Å². The highest BCUT2D eigenvalue weighted by atomic mass is 127. The Morgan fingerprint density at radius 1 is 1.30 bits per heavy atom. The number of hydrogen-bond donors (Lipinski definition) is 1. The number of nitrogens with zero attached hydrogens (tertiary/aromatic N) is 1. The van der Waals surface area contributed by atoms with E-state index in [2.05, 4.69) is 71.1 Å². The van der Waals surface area contributed by atoms with Crippen molar-refractivity contribution in [3.05, 3.63) is 62.5 Å². The van der Waals surface area contributed by atoms with E-state index in [-0.39, 0.29) is 0 Å². The first-order valence-corrected chi connectivity index (χ1v) is 8.16. The van der Waals surface area contributed by atoms with Crippen LogP contribution in [0.2, 0.25) is 0 Å². The molecule has 1 aromatic heterocycles. The molecule has 1 aliphatic rings. The van der Waals surface area contributed by atoms with Crippen molar-refractivity contribution in [1.29, 1.82) is 0 Å². The summed E-state index contributed by atoms with van der Waals surface area (Å²) >= 11 is 2.47. The van der Waals surface area contributed by atoms with E-state index in [1.165, 1.54) is 32.4 Å². The van der Waals surface area contributed by atoms with Gasteiger partial charge in [-0.3, -0.25) is 4.98 Å². The summed E-state index contributed by atoms with van der Waals surface area (Å²) in [7, 11) is 2.06. The molecule has 0 bridgehead atoms. The molecule has 2 nitrogen and oxygen atoms in total. The molecule has 0 radical (unpaired) electrons. The predicted octanol–water partition coefficient (Wildman–Crippen LogP) is 3.99. The lowest BCUT2D eigenvalue weighted by molar-refractivity contribution is 0.468. The van der Waals surface area contributed by atoms with E-state index >= 15 is 0 Å². The van der Waals surface area contributed by atoms with Crippen LogP contribution < -0.4 is 5.32 Å². The fourth-order valence-electron chi connectivity index (χ4n) is 3.25. The number of hydrogen-bond acceptors (Lipinski definition) is 2. The zero-order chi connectivity index (χ0) is 14.1. The molecule has 1 N–H and O–H groups in total. The lowest BCUT2D eigenvalue weighted by Gasteiger charge is -2.25. The van der Waals surface area contributed by atoms with Gasteiger partial charge in [0.25, 0.3) is 0 Å². The fourth-order valence-corrected chi connectivity index (χ4v) is 3.95. The van der Waals surface area contributed by atoms with E-state index in [9.17, 15) is 0 Å². The summed E-state index contributed by atoms with van der Waals surface area (Å²) in [5, 5.41) is 3.52. The monoisotopic (exact) mass is 378 g/mol. The van der Waals surface area contributed by atoms with Crippen molar-refractivity contribution in [2.45, 2.75) is 31.7 Å². The second kappa shape index (κ2) is 5.82. The molecular weight excluding hydrogens is 359 g/mol. The Bertz CT molecular complexity index is 624. The molecule has 104 valence electrons. The minimum absolute atomic E-state index is 0.345. The van der Waals surface area contributed by atoms with Gasteiger partial charge in [0.1, 0.15) is 0 Å². The largest absolute Gasteiger partial charge is 0.312 e. The highest BCUT2D eigenvalue weighted by Crippen LogP contribution is 2.41. The van der Waals surface area contributed by atoms with E-state index in [1.807, 2.05) is 12.3 Å². The van der Waals surface area contributed by atoms with Crippen LogP contribution in [0.25, 0.3) is 0 Å². The molecule has 1 aliphatic carbocycles. The number of aryl methyl sites for hydroxylation is 2. The Kier molecular flexibility index (Phi) is 4.08. The van der Waals surface area contributed by atoms with Gasteiger partial charge in [0.15, 0.2) is 0 Å². The normalized spacial score (nSPS) is 18.9. The summed E-state index contributed by atoms with van der Waals surface area (Å²) < 4.78 is 1.37. The van der Waals surface area contributed by atoms with Crippen molar-refractivity contribution in [3.8, 4) is 0 Å². The van der Waals surface area contributed by atoms with Crippen molar-refractivity contribution in [1.82, 2.24) is 10.3 Å². The van der Waals surface area contributed by atoms with Gasteiger partial charge in [0.05, 0.1) is 0 Å². The third-order valence-electron chi connectivity index (χ3n) is 4.27. The number of halogens is 1. The Hall–Kier alpha value is -0.940. The first-order valence-electron chi connectivity index (χ1n) is 7.08. The Balaban J connectivity index is 2.02. The first kappa shape index (κ1) is 14.0. The van der Waals surface area contributed by atoms with Crippen LogP contribution in [0.1, 0.15) is 40.8 Å². The number of pyridine rings is 1. The van der Waals surface area contributed by atoms with Gasteiger partial charge >= 0.3 is 0 Å². The molecule has 2 atom stereocenters. The molecule has 0 saturated carbocycles. The average molecular weight is 378 g/mol. The smallest absolute Gasteiger partial charge is 0.0485 e. The fraction of sp³-hybridized carbons (Fsp3) is 0.353. The van der Waals surface area contributed by atoms with Crippen LogP contribution in [0.3, 0.4) is 0 Å². The minimum Gasteiger partial charge on any atom is -0.312 e. The van der Waals surface area contributed by atoms with Crippen LogP contribution >= 0.6 is 22.6 Å². The molecule has 1 aromatic carbocycles. The molecule has 2 aromatic rings. The first-order chi connectivity index (χ1) is 9.72. The quantitative estimate of drug-likeness (QED) is 0.818. The third kappa shape index (κ3) is 2.37. The molecule has 0 fully saturated rings. The molecule has 3 rings (SSSR count). The number of rotatable bonds is 3. The SMILES string of the molecule is CNC(c1cccc(C)c1I)C1CCc2cccnc21. The molecule has 0 saturated heterocycles. The summed E-state index contributed by atoms with van der Waals surface area (Å²) in [6, 6.07) is 11.2. The molecule has 0 spiro atoms. The van der Waals surface area contributed by atoms with Crippen molar-refractivity contribution in [3.63, 3.8) is 0 Å². The van der Waals surface area contributed by atoms with Crippen LogP contribution in [0.5, 0.6) is 0 Å². The molecule has 20 heavy (non-hydrogen) atoms. The maximum atomic E-state index is 4.64. The summed E-state index contributed by atoms with van der Waals surface area (Å²) in [5.41, 5.74) is 5.45. The van der Waals surface area contributed by atoms with Gasteiger partial charge in [-0.05, 0) is 72.2 Å². The second-order valence-corrected chi connectivity index (χ2v) is 6.52. The number of nitrogens with one attached hydrogen (secondary N) is 1. The van der Waals surface area contributed by atoms with Gasteiger partial charge in [-0.15, -0.1) is 0 Å². The number of fused-ring (bicyclic) bond motifs is 1.